The number of Topliss-reactive ketones (excluding diaryl/α,β-unsaturated/α-hetero) is 2. The number of hydrogen-bond acceptors (Lipinski definition) is 5. The van der Waals surface area contributed by atoms with Gasteiger partial charge in [0, 0.05) is 23.4 Å². The molecular formula is C19H18N2O3. The molecule has 2 rings (SSSR count). The molecule has 2 aromatic rings. The lowest BCUT2D eigenvalue weighted by atomic mass is 9.91. The monoisotopic (exact) mass is 322 g/mol. The van der Waals surface area contributed by atoms with E-state index in [9.17, 15) is 14.9 Å². The summed E-state index contributed by atoms with van der Waals surface area (Å²) in [5.74, 6) is -2.08. The van der Waals surface area contributed by atoms with Crippen LogP contribution in [0.2, 0.25) is 0 Å². The van der Waals surface area contributed by atoms with Gasteiger partial charge in [0.2, 0.25) is 5.88 Å². The first kappa shape index (κ1) is 17.4. The summed E-state index contributed by atoms with van der Waals surface area (Å²) in [6.07, 6.45) is 3.24. The summed E-state index contributed by atoms with van der Waals surface area (Å²) >= 11 is 0. The van der Waals surface area contributed by atoms with Gasteiger partial charge >= 0.3 is 0 Å². The lowest BCUT2D eigenvalue weighted by Gasteiger charge is -2.08. The average Bonchev–Trinajstić information content (AvgIpc) is 2.63. The molecule has 0 unspecified atom stereocenters. The van der Waals surface area contributed by atoms with Crippen LogP contribution in [0.5, 0.6) is 5.88 Å². The molecule has 0 saturated heterocycles. The zero-order valence-electron chi connectivity index (χ0n) is 13.7. The molecule has 0 aliphatic heterocycles. The third kappa shape index (κ3) is 3.85. The lowest BCUT2D eigenvalue weighted by Crippen LogP contribution is -2.23. The Bertz CT molecular complexity index is 759. The fraction of sp³-hybridized carbons (Fsp3) is 0.263. The summed E-state index contributed by atoms with van der Waals surface area (Å²) in [6, 6.07) is 11.9. The van der Waals surface area contributed by atoms with Gasteiger partial charge in [-0.3, -0.25) is 9.59 Å². The summed E-state index contributed by atoms with van der Waals surface area (Å²) in [7, 11) is 1.47. The second-order valence-corrected chi connectivity index (χ2v) is 5.33. The van der Waals surface area contributed by atoms with Crippen LogP contribution >= 0.6 is 0 Å². The van der Waals surface area contributed by atoms with Crippen LogP contribution in [0.25, 0.3) is 0 Å². The molecule has 0 bridgehead atoms. The number of methoxy groups -OCH3 is 1. The predicted octanol–water partition coefficient (Wildman–Crippen LogP) is 3.25. The van der Waals surface area contributed by atoms with Crippen LogP contribution in [0.15, 0.2) is 42.6 Å². The molecule has 1 aromatic carbocycles. The first-order chi connectivity index (χ1) is 11.6. The van der Waals surface area contributed by atoms with Gasteiger partial charge in [0.1, 0.15) is 0 Å². The maximum Gasteiger partial charge on any atom is 0.212 e. The number of aryl methyl sites for hydroxylation is 1. The van der Waals surface area contributed by atoms with Crippen molar-refractivity contribution in [3.8, 4) is 11.9 Å². The number of ether oxygens (including phenoxy) is 1. The molecule has 0 saturated carbocycles. The van der Waals surface area contributed by atoms with Crippen LogP contribution in [-0.4, -0.2) is 23.7 Å². The Kier molecular flexibility index (Phi) is 5.80. The molecular weight excluding hydrogens is 304 g/mol. The van der Waals surface area contributed by atoms with E-state index < -0.39 is 17.5 Å². The zero-order chi connectivity index (χ0) is 17.5. The van der Waals surface area contributed by atoms with Gasteiger partial charge < -0.3 is 4.74 Å². The van der Waals surface area contributed by atoms with Crippen LogP contribution in [0, 0.1) is 17.2 Å². The maximum atomic E-state index is 12.5. The van der Waals surface area contributed by atoms with Gasteiger partial charge in [-0.15, -0.1) is 0 Å². The first-order valence-corrected chi connectivity index (χ1v) is 7.67. The van der Waals surface area contributed by atoms with Crippen molar-refractivity contribution in [2.45, 2.75) is 19.8 Å². The Balaban J connectivity index is 2.21. The molecule has 0 amide bonds. The maximum absolute atomic E-state index is 12.5. The van der Waals surface area contributed by atoms with Crippen molar-refractivity contribution in [1.82, 2.24) is 4.98 Å². The summed E-state index contributed by atoms with van der Waals surface area (Å²) in [5.41, 5.74) is 1.68. The van der Waals surface area contributed by atoms with Gasteiger partial charge in [0.25, 0.3) is 0 Å². The van der Waals surface area contributed by atoms with Crippen molar-refractivity contribution in [3.63, 3.8) is 0 Å². The Hall–Kier alpha value is -3.00. The standard InChI is InChI=1S/C19H18N2O3/c1-3-4-13-5-7-14(8-6-13)18(22)16(11-20)19(23)15-9-10-17(24-2)21-12-15/h5-10,12,16H,3-4H2,1-2H3/t16-/m0/s1. The van der Waals surface area contributed by atoms with Crippen molar-refractivity contribution < 1.29 is 14.3 Å². The van der Waals surface area contributed by atoms with E-state index in [0.717, 1.165) is 18.4 Å². The highest BCUT2D eigenvalue weighted by Gasteiger charge is 2.28. The third-order valence-corrected chi connectivity index (χ3v) is 3.66. The molecule has 0 spiro atoms. The smallest absolute Gasteiger partial charge is 0.212 e. The highest BCUT2D eigenvalue weighted by atomic mass is 16.5. The number of ketones is 2. The van der Waals surface area contributed by atoms with E-state index in [-0.39, 0.29) is 5.56 Å². The van der Waals surface area contributed by atoms with E-state index in [1.807, 2.05) is 18.2 Å². The molecule has 5 nitrogen and oxygen atoms in total. The number of nitrogens with zero attached hydrogens (tertiary/aromatic N) is 2. The van der Waals surface area contributed by atoms with Crippen LogP contribution in [-0.2, 0) is 6.42 Å². The highest BCUT2D eigenvalue weighted by Crippen LogP contribution is 2.17. The van der Waals surface area contributed by atoms with Gasteiger partial charge in [-0.25, -0.2) is 4.98 Å². The molecule has 0 fully saturated rings. The Morgan fingerprint density at radius 3 is 2.25 bits per heavy atom. The number of nitriles is 1. The molecule has 0 aliphatic rings. The van der Waals surface area contributed by atoms with Crippen molar-refractivity contribution in [1.29, 1.82) is 5.26 Å². The van der Waals surface area contributed by atoms with Gasteiger partial charge in [-0.05, 0) is 18.1 Å². The molecule has 122 valence electrons. The molecule has 1 aromatic heterocycles. The molecule has 1 atom stereocenters. The molecule has 0 aliphatic carbocycles. The minimum absolute atomic E-state index is 0.207. The lowest BCUT2D eigenvalue weighted by molar-refractivity contribution is 0.0845. The summed E-state index contributed by atoms with van der Waals surface area (Å²) < 4.78 is 4.93. The number of aromatic nitrogens is 1. The second-order valence-electron chi connectivity index (χ2n) is 5.33. The number of hydrogen-bond donors (Lipinski definition) is 0. The van der Waals surface area contributed by atoms with E-state index in [0.29, 0.717) is 11.4 Å². The molecule has 0 radical (unpaired) electrons. The zero-order valence-corrected chi connectivity index (χ0v) is 13.7. The number of benzene rings is 1. The van der Waals surface area contributed by atoms with E-state index >= 15 is 0 Å². The molecule has 1 heterocycles. The van der Waals surface area contributed by atoms with Crippen molar-refractivity contribution in [2.75, 3.05) is 7.11 Å². The summed E-state index contributed by atoms with van der Waals surface area (Å²) in [4.78, 5) is 28.9. The largest absolute Gasteiger partial charge is 0.481 e. The van der Waals surface area contributed by atoms with Crippen LogP contribution in [0.1, 0.15) is 39.6 Å². The predicted molar refractivity (Wildman–Crippen MR) is 89.0 cm³/mol. The normalized spacial score (nSPS) is 11.4. The number of rotatable bonds is 7. The Morgan fingerprint density at radius 2 is 1.75 bits per heavy atom. The van der Waals surface area contributed by atoms with Crippen molar-refractivity contribution in [2.24, 2.45) is 5.92 Å². The van der Waals surface area contributed by atoms with Crippen LogP contribution in [0.3, 0.4) is 0 Å². The molecule has 0 N–H and O–H groups in total. The van der Waals surface area contributed by atoms with E-state index in [1.165, 1.54) is 25.4 Å². The Morgan fingerprint density at radius 1 is 1.12 bits per heavy atom. The fourth-order valence-electron chi connectivity index (χ4n) is 2.34. The number of carbonyl (C=O) groups is 2. The van der Waals surface area contributed by atoms with Gasteiger partial charge in [0.15, 0.2) is 17.5 Å². The van der Waals surface area contributed by atoms with Gasteiger partial charge in [-0.2, -0.15) is 5.26 Å². The Labute approximate surface area is 140 Å². The van der Waals surface area contributed by atoms with Crippen LogP contribution < -0.4 is 4.74 Å². The molecule has 5 heteroatoms. The highest BCUT2D eigenvalue weighted by molar-refractivity contribution is 6.17. The fourth-order valence-corrected chi connectivity index (χ4v) is 2.34. The SMILES string of the molecule is CCCc1ccc(C(=O)[C@H](C#N)C(=O)c2ccc(OC)nc2)cc1. The van der Waals surface area contributed by atoms with Gasteiger partial charge in [0.05, 0.1) is 13.2 Å². The number of pyridine rings is 1. The van der Waals surface area contributed by atoms with Gasteiger partial charge in [-0.1, -0.05) is 37.6 Å². The molecule has 24 heavy (non-hydrogen) atoms. The number of carbonyl (C=O) groups excluding carboxylic acids is 2. The summed E-state index contributed by atoms with van der Waals surface area (Å²) in [6.45, 7) is 2.08. The summed E-state index contributed by atoms with van der Waals surface area (Å²) in [5, 5.41) is 9.29. The van der Waals surface area contributed by atoms with Crippen molar-refractivity contribution in [3.05, 3.63) is 59.3 Å². The van der Waals surface area contributed by atoms with E-state index in [2.05, 4.69) is 11.9 Å². The minimum atomic E-state index is -1.38. The van der Waals surface area contributed by atoms with E-state index in [1.54, 1.807) is 12.1 Å². The van der Waals surface area contributed by atoms with Crippen LogP contribution in [0.4, 0.5) is 0 Å². The minimum Gasteiger partial charge on any atom is -0.481 e. The second kappa shape index (κ2) is 8.02. The van der Waals surface area contributed by atoms with Crippen molar-refractivity contribution >= 4 is 11.6 Å². The topological polar surface area (TPSA) is 80.0 Å². The third-order valence-electron chi connectivity index (χ3n) is 3.66. The van der Waals surface area contributed by atoms with E-state index in [4.69, 9.17) is 4.74 Å². The average molecular weight is 322 g/mol. The first-order valence-electron chi connectivity index (χ1n) is 7.67. The quantitative estimate of drug-likeness (QED) is 0.577.